The highest BCUT2D eigenvalue weighted by Crippen LogP contribution is 2.40. The first-order valence-electron chi connectivity index (χ1n) is 7.15. The van der Waals surface area contributed by atoms with E-state index in [1.54, 1.807) is 26.0 Å². The van der Waals surface area contributed by atoms with Crippen molar-refractivity contribution >= 4 is 11.9 Å². The van der Waals surface area contributed by atoms with E-state index >= 15 is 0 Å². The van der Waals surface area contributed by atoms with E-state index < -0.39 is 18.0 Å². The van der Waals surface area contributed by atoms with Crippen molar-refractivity contribution < 1.29 is 33.6 Å². The first-order valence-corrected chi connectivity index (χ1v) is 7.15. The van der Waals surface area contributed by atoms with Crippen LogP contribution in [0, 0.1) is 0 Å². The smallest absolute Gasteiger partial charge is 0.374 e. The lowest BCUT2D eigenvalue weighted by Crippen LogP contribution is -2.27. The Balaban J connectivity index is 2.51. The van der Waals surface area contributed by atoms with E-state index in [1.807, 2.05) is 0 Å². The molecule has 1 unspecified atom stereocenters. The quantitative estimate of drug-likeness (QED) is 0.821. The average Bonchev–Trinajstić information content (AvgIpc) is 2.54. The number of hydrogen-bond donors (Lipinski definition) is 1. The van der Waals surface area contributed by atoms with Gasteiger partial charge in [0.1, 0.15) is 23.2 Å². The van der Waals surface area contributed by atoms with E-state index in [1.165, 1.54) is 13.2 Å². The van der Waals surface area contributed by atoms with Crippen molar-refractivity contribution in [1.82, 2.24) is 0 Å². The van der Waals surface area contributed by atoms with Gasteiger partial charge in [-0.2, -0.15) is 0 Å². The minimum absolute atomic E-state index is 0.0978. The zero-order valence-corrected chi connectivity index (χ0v) is 13.1. The Hall–Kier alpha value is -2.54. The maximum Gasteiger partial charge on any atom is 0.374 e. The second-order valence-corrected chi connectivity index (χ2v) is 4.59. The van der Waals surface area contributed by atoms with Gasteiger partial charge in [-0.05, 0) is 26.0 Å². The Bertz CT molecular complexity index is 648. The molecule has 1 N–H and O–H groups in total. The maximum atomic E-state index is 12.1. The van der Waals surface area contributed by atoms with Gasteiger partial charge in [-0.25, -0.2) is 9.59 Å². The third-order valence-electron chi connectivity index (χ3n) is 3.20. The Kier molecular flexibility index (Phi) is 5.23. The van der Waals surface area contributed by atoms with Gasteiger partial charge in [0.15, 0.2) is 0 Å². The van der Waals surface area contributed by atoms with E-state index in [9.17, 15) is 14.7 Å². The lowest BCUT2D eigenvalue weighted by molar-refractivity contribution is -0.145. The first kappa shape index (κ1) is 16.8. The molecule has 0 amide bonds. The molecule has 0 bridgehead atoms. The van der Waals surface area contributed by atoms with Crippen LogP contribution in [0.15, 0.2) is 29.5 Å². The van der Waals surface area contributed by atoms with Gasteiger partial charge < -0.3 is 24.1 Å². The summed E-state index contributed by atoms with van der Waals surface area (Å²) in [6.45, 7) is 3.44. The van der Waals surface area contributed by atoms with Gasteiger partial charge in [0, 0.05) is 11.6 Å². The number of rotatable bonds is 5. The molecule has 7 nitrogen and oxygen atoms in total. The fourth-order valence-corrected chi connectivity index (χ4v) is 2.16. The third-order valence-corrected chi connectivity index (χ3v) is 3.20. The number of esters is 2. The molecule has 1 aromatic rings. The zero-order valence-electron chi connectivity index (χ0n) is 13.1. The van der Waals surface area contributed by atoms with E-state index in [-0.39, 0.29) is 30.3 Å². The summed E-state index contributed by atoms with van der Waals surface area (Å²) in [6.07, 6.45) is -1.36. The monoisotopic (exact) mass is 322 g/mol. The van der Waals surface area contributed by atoms with Gasteiger partial charge in [0.05, 0.1) is 20.3 Å². The Morgan fingerprint density at radius 1 is 1.17 bits per heavy atom. The highest BCUT2D eigenvalue weighted by atomic mass is 16.6. The van der Waals surface area contributed by atoms with Gasteiger partial charge >= 0.3 is 11.9 Å². The molecule has 1 aromatic carbocycles. The van der Waals surface area contributed by atoms with E-state index in [0.717, 1.165) is 0 Å². The van der Waals surface area contributed by atoms with Crippen molar-refractivity contribution in [3.05, 3.63) is 35.1 Å². The molecule has 23 heavy (non-hydrogen) atoms. The van der Waals surface area contributed by atoms with Crippen LogP contribution in [0.25, 0.3) is 0 Å². The summed E-state index contributed by atoms with van der Waals surface area (Å²) in [4.78, 5) is 24.2. The van der Waals surface area contributed by atoms with Crippen molar-refractivity contribution in [3.63, 3.8) is 0 Å². The van der Waals surface area contributed by atoms with E-state index in [4.69, 9.17) is 18.9 Å². The fourth-order valence-electron chi connectivity index (χ4n) is 2.16. The molecular weight excluding hydrogens is 304 g/mol. The molecule has 1 atom stereocenters. The summed E-state index contributed by atoms with van der Waals surface area (Å²) in [6, 6.07) is 4.68. The van der Waals surface area contributed by atoms with Crippen LogP contribution >= 0.6 is 0 Å². The van der Waals surface area contributed by atoms with E-state index in [2.05, 4.69) is 0 Å². The van der Waals surface area contributed by atoms with Crippen LogP contribution in [0.1, 0.15) is 25.5 Å². The minimum Gasteiger partial charge on any atom is -0.497 e. The third kappa shape index (κ3) is 3.29. The number of benzene rings is 1. The topological polar surface area (TPSA) is 91.3 Å². The number of carbonyl (C=O) groups excluding carboxylic acids is 2. The summed E-state index contributed by atoms with van der Waals surface area (Å²) in [5.41, 5.74) is 0.0601. The molecule has 0 aliphatic carbocycles. The van der Waals surface area contributed by atoms with Crippen molar-refractivity contribution in [3.8, 4) is 11.5 Å². The Morgan fingerprint density at radius 2 is 1.83 bits per heavy atom. The lowest BCUT2D eigenvalue weighted by Gasteiger charge is -2.25. The molecule has 0 saturated carbocycles. The van der Waals surface area contributed by atoms with Crippen LogP contribution in [0.5, 0.6) is 11.5 Å². The molecule has 0 aromatic heterocycles. The van der Waals surface area contributed by atoms with Crippen LogP contribution in [-0.4, -0.2) is 37.4 Å². The van der Waals surface area contributed by atoms with Crippen LogP contribution in [-0.2, 0) is 19.1 Å². The van der Waals surface area contributed by atoms with Crippen LogP contribution in [0.3, 0.4) is 0 Å². The molecule has 7 heteroatoms. The lowest BCUT2D eigenvalue weighted by atomic mass is 9.96. The SMILES string of the molecule is CCOC(=O)C1=C(C(=O)OCC)C(O)c2ccc(OC)cc2O1. The number of aliphatic hydroxyl groups excluding tert-OH is 1. The second-order valence-electron chi connectivity index (χ2n) is 4.59. The summed E-state index contributed by atoms with van der Waals surface area (Å²) in [5.74, 6) is -1.35. The van der Waals surface area contributed by atoms with Crippen LogP contribution in [0.4, 0.5) is 0 Å². The number of aliphatic hydroxyl groups is 1. The predicted molar refractivity (Wildman–Crippen MR) is 78.9 cm³/mol. The minimum atomic E-state index is -1.36. The Morgan fingerprint density at radius 3 is 2.43 bits per heavy atom. The van der Waals surface area contributed by atoms with Crippen molar-refractivity contribution in [1.29, 1.82) is 0 Å². The van der Waals surface area contributed by atoms with Gasteiger partial charge in [0.2, 0.25) is 5.76 Å². The van der Waals surface area contributed by atoms with Gasteiger partial charge in [0.25, 0.3) is 0 Å². The first-order chi connectivity index (χ1) is 11.0. The van der Waals surface area contributed by atoms with Crippen molar-refractivity contribution in [2.75, 3.05) is 20.3 Å². The number of hydrogen-bond acceptors (Lipinski definition) is 7. The predicted octanol–water partition coefficient (Wildman–Crippen LogP) is 1.50. The summed E-state index contributed by atoms with van der Waals surface area (Å²) in [7, 11) is 1.48. The molecule has 1 aliphatic rings. The summed E-state index contributed by atoms with van der Waals surface area (Å²) in [5, 5.41) is 10.5. The Labute approximate surface area is 133 Å². The molecule has 0 spiro atoms. The average molecular weight is 322 g/mol. The standard InChI is InChI=1S/C16H18O7/c1-4-21-15(18)12-13(17)10-7-6-9(20-3)8-11(10)23-14(12)16(19)22-5-2/h6-8,13,17H,4-5H2,1-3H3. The number of carbonyl (C=O) groups is 2. The molecule has 2 rings (SSSR count). The molecule has 1 heterocycles. The largest absolute Gasteiger partial charge is 0.497 e. The normalized spacial score (nSPS) is 16.3. The number of fused-ring (bicyclic) bond motifs is 1. The fraction of sp³-hybridized carbons (Fsp3) is 0.375. The molecule has 124 valence electrons. The number of methoxy groups -OCH3 is 1. The highest BCUT2D eigenvalue weighted by molar-refractivity contribution is 6.01. The highest BCUT2D eigenvalue weighted by Gasteiger charge is 2.37. The van der Waals surface area contributed by atoms with Gasteiger partial charge in [-0.1, -0.05) is 0 Å². The molecule has 0 radical (unpaired) electrons. The van der Waals surface area contributed by atoms with Crippen molar-refractivity contribution in [2.45, 2.75) is 20.0 Å². The van der Waals surface area contributed by atoms with Gasteiger partial charge in [-0.3, -0.25) is 0 Å². The zero-order chi connectivity index (χ0) is 17.0. The summed E-state index contributed by atoms with van der Waals surface area (Å²) >= 11 is 0. The maximum absolute atomic E-state index is 12.1. The summed E-state index contributed by atoms with van der Waals surface area (Å²) < 4.78 is 20.4. The molecule has 0 saturated heterocycles. The molecule has 0 fully saturated rings. The van der Waals surface area contributed by atoms with Crippen LogP contribution in [0.2, 0.25) is 0 Å². The second kappa shape index (κ2) is 7.15. The van der Waals surface area contributed by atoms with Gasteiger partial charge in [-0.15, -0.1) is 0 Å². The van der Waals surface area contributed by atoms with Crippen molar-refractivity contribution in [2.24, 2.45) is 0 Å². The molecular formula is C16H18O7. The van der Waals surface area contributed by atoms with Crippen LogP contribution < -0.4 is 9.47 Å². The van der Waals surface area contributed by atoms with E-state index in [0.29, 0.717) is 11.3 Å². The molecule has 1 aliphatic heterocycles. The number of ether oxygens (including phenoxy) is 4.